The van der Waals surface area contributed by atoms with Crippen molar-refractivity contribution in [3.8, 4) is 5.75 Å². The van der Waals surface area contributed by atoms with Gasteiger partial charge >= 0.3 is 5.97 Å². The molecule has 0 bridgehead atoms. The van der Waals surface area contributed by atoms with Gasteiger partial charge < -0.3 is 4.74 Å². The summed E-state index contributed by atoms with van der Waals surface area (Å²) in [4.78, 5) is 12.2. The van der Waals surface area contributed by atoms with Crippen molar-refractivity contribution in [1.29, 1.82) is 0 Å². The Hall–Kier alpha value is -2.66. The van der Waals surface area contributed by atoms with Gasteiger partial charge in [0.05, 0.1) is 11.3 Å². The maximum absolute atomic E-state index is 12.2. The smallest absolute Gasteiger partial charge is 0.343 e. The fourth-order valence-electron chi connectivity index (χ4n) is 2.44. The van der Waals surface area contributed by atoms with Gasteiger partial charge in [-0.1, -0.05) is 42.5 Å². The summed E-state index contributed by atoms with van der Waals surface area (Å²) in [5.74, 6) is -0.0531. The van der Waals surface area contributed by atoms with Gasteiger partial charge in [0.2, 0.25) is 0 Å². The number of benzene rings is 3. The maximum atomic E-state index is 12.2. The van der Waals surface area contributed by atoms with Crippen LogP contribution in [0, 0.1) is 0 Å². The summed E-state index contributed by atoms with van der Waals surface area (Å²) in [7, 11) is -3.10. The van der Waals surface area contributed by atoms with Crippen LogP contribution in [0.25, 0.3) is 10.8 Å². The average molecular weight is 340 g/mol. The van der Waals surface area contributed by atoms with E-state index >= 15 is 0 Å². The lowest BCUT2D eigenvalue weighted by atomic mass is 10.1. The number of hydrogen-bond acceptors (Lipinski definition) is 4. The van der Waals surface area contributed by atoms with Crippen molar-refractivity contribution in [2.75, 3.05) is 6.26 Å². The van der Waals surface area contributed by atoms with Crippen molar-refractivity contribution in [2.45, 2.75) is 5.75 Å². The third-order valence-corrected chi connectivity index (χ3v) is 4.41. The van der Waals surface area contributed by atoms with Gasteiger partial charge in [-0.3, -0.25) is 0 Å². The SMILES string of the molecule is CS(=O)(=O)Cc1ccc(C(=O)Oc2ccc3ccccc3c2)cc1. The van der Waals surface area contributed by atoms with Gasteiger partial charge in [-0.05, 0) is 40.6 Å². The summed E-state index contributed by atoms with van der Waals surface area (Å²) in [6, 6.07) is 19.7. The molecule has 3 rings (SSSR count). The predicted octanol–water partition coefficient (Wildman–Crippen LogP) is 3.60. The molecule has 5 heteroatoms. The highest BCUT2D eigenvalue weighted by atomic mass is 32.2. The van der Waals surface area contributed by atoms with Crippen molar-refractivity contribution >= 4 is 26.6 Å². The van der Waals surface area contributed by atoms with Crippen molar-refractivity contribution in [3.05, 3.63) is 77.9 Å². The standard InChI is InChI=1S/C19H16O4S/c1-24(21,22)13-14-6-8-16(9-7-14)19(20)23-18-11-10-15-4-2-3-5-17(15)12-18/h2-12H,13H2,1H3. The summed E-state index contributed by atoms with van der Waals surface area (Å²) in [6.07, 6.45) is 1.18. The third-order valence-electron chi connectivity index (χ3n) is 3.55. The molecule has 3 aromatic carbocycles. The zero-order valence-corrected chi connectivity index (χ0v) is 13.9. The highest BCUT2D eigenvalue weighted by Gasteiger charge is 2.10. The lowest BCUT2D eigenvalue weighted by Crippen LogP contribution is -2.09. The number of sulfone groups is 1. The fraction of sp³-hybridized carbons (Fsp3) is 0.105. The number of ether oxygens (including phenoxy) is 1. The van der Waals surface area contributed by atoms with Gasteiger partial charge in [-0.25, -0.2) is 13.2 Å². The van der Waals surface area contributed by atoms with Crippen molar-refractivity contribution in [1.82, 2.24) is 0 Å². The Bertz CT molecular complexity index is 989. The second-order valence-corrected chi connectivity index (χ2v) is 7.81. The topological polar surface area (TPSA) is 60.4 Å². The van der Waals surface area contributed by atoms with Crippen molar-refractivity contribution in [3.63, 3.8) is 0 Å². The molecule has 0 saturated heterocycles. The van der Waals surface area contributed by atoms with Gasteiger partial charge in [0, 0.05) is 6.26 Å². The monoisotopic (exact) mass is 340 g/mol. The molecular formula is C19H16O4S. The lowest BCUT2D eigenvalue weighted by Gasteiger charge is -2.06. The van der Waals surface area contributed by atoms with E-state index in [1.54, 1.807) is 30.3 Å². The maximum Gasteiger partial charge on any atom is 0.343 e. The Morgan fingerprint density at radius 3 is 2.25 bits per heavy atom. The van der Waals surface area contributed by atoms with Crippen LogP contribution in [0.3, 0.4) is 0 Å². The Morgan fingerprint density at radius 2 is 1.58 bits per heavy atom. The first-order chi connectivity index (χ1) is 11.4. The molecule has 0 aromatic heterocycles. The van der Waals surface area contributed by atoms with E-state index in [1.807, 2.05) is 36.4 Å². The fourth-order valence-corrected chi connectivity index (χ4v) is 3.23. The molecule has 4 nitrogen and oxygen atoms in total. The zero-order valence-electron chi connectivity index (χ0n) is 13.1. The molecule has 0 N–H and O–H groups in total. The minimum atomic E-state index is -3.10. The number of fused-ring (bicyclic) bond motifs is 1. The van der Waals surface area contributed by atoms with Gasteiger partial charge in [0.1, 0.15) is 5.75 Å². The summed E-state index contributed by atoms with van der Waals surface area (Å²) in [5, 5.41) is 2.06. The van der Waals surface area contributed by atoms with Gasteiger partial charge in [0.15, 0.2) is 9.84 Å². The number of carbonyl (C=O) groups is 1. The van der Waals surface area contributed by atoms with E-state index in [1.165, 1.54) is 6.26 Å². The second-order valence-electron chi connectivity index (χ2n) is 5.67. The molecule has 24 heavy (non-hydrogen) atoms. The normalized spacial score (nSPS) is 11.4. The zero-order chi connectivity index (χ0) is 17.2. The molecule has 0 unspecified atom stereocenters. The number of hydrogen-bond donors (Lipinski definition) is 0. The number of carbonyl (C=O) groups excluding carboxylic acids is 1. The van der Waals surface area contributed by atoms with Crippen molar-refractivity contribution in [2.24, 2.45) is 0 Å². The number of esters is 1. The molecule has 0 amide bonds. The highest BCUT2D eigenvalue weighted by Crippen LogP contribution is 2.21. The van der Waals surface area contributed by atoms with Crippen LogP contribution in [-0.4, -0.2) is 20.6 Å². The first-order valence-corrected chi connectivity index (χ1v) is 9.44. The van der Waals surface area contributed by atoms with Crippen LogP contribution in [0.4, 0.5) is 0 Å². The molecular weight excluding hydrogens is 324 g/mol. The molecule has 0 heterocycles. The third kappa shape index (κ3) is 4.00. The van der Waals surface area contributed by atoms with E-state index in [9.17, 15) is 13.2 Å². The van der Waals surface area contributed by atoms with Crippen LogP contribution in [0.15, 0.2) is 66.7 Å². The van der Waals surface area contributed by atoms with Crippen LogP contribution in [0.5, 0.6) is 5.75 Å². The Morgan fingerprint density at radius 1 is 0.917 bits per heavy atom. The molecule has 0 fully saturated rings. The molecule has 0 saturated carbocycles. The Balaban J connectivity index is 1.76. The first kappa shape index (κ1) is 16.2. The van der Waals surface area contributed by atoms with E-state index < -0.39 is 15.8 Å². The van der Waals surface area contributed by atoms with E-state index in [-0.39, 0.29) is 5.75 Å². The van der Waals surface area contributed by atoms with Crippen LogP contribution < -0.4 is 4.74 Å². The Labute approximate surface area is 140 Å². The predicted molar refractivity (Wildman–Crippen MR) is 93.9 cm³/mol. The summed E-state index contributed by atoms with van der Waals surface area (Å²) >= 11 is 0. The second kappa shape index (κ2) is 6.45. The lowest BCUT2D eigenvalue weighted by molar-refractivity contribution is 0.0735. The van der Waals surface area contributed by atoms with Crippen LogP contribution in [0.1, 0.15) is 15.9 Å². The van der Waals surface area contributed by atoms with E-state index in [2.05, 4.69) is 0 Å². The van der Waals surface area contributed by atoms with E-state index in [0.717, 1.165) is 10.8 Å². The van der Waals surface area contributed by atoms with Crippen molar-refractivity contribution < 1.29 is 17.9 Å². The Kier molecular flexibility index (Phi) is 4.36. The molecule has 0 spiro atoms. The minimum absolute atomic E-state index is 0.0486. The van der Waals surface area contributed by atoms with Crippen LogP contribution in [-0.2, 0) is 15.6 Å². The van der Waals surface area contributed by atoms with Crippen LogP contribution >= 0.6 is 0 Å². The summed E-state index contributed by atoms with van der Waals surface area (Å²) < 4.78 is 27.9. The van der Waals surface area contributed by atoms with Gasteiger partial charge in [0.25, 0.3) is 0 Å². The molecule has 3 aromatic rings. The van der Waals surface area contributed by atoms with E-state index in [0.29, 0.717) is 16.9 Å². The molecule has 0 atom stereocenters. The molecule has 0 aliphatic carbocycles. The van der Waals surface area contributed by atoms with Gasteiger partial charge in [-0.2, -0.15) is 0 Å². The van der Waals surface area contributed by atoms with Gasteiger partial charge in [-0.15, -0.1) is 0 Å². The largest absolute Gasteiger partial charge is 0.423 e. The average Bonchev–Trinajstić information content (AvgIpc) is 2.54. The number of rotatable bonds is 4. The molecule has 0 aliphatic rings. The molecule has 0 aliphatic heterocycles. The quantitative estimate of drug-likeness (QED) is 0.538. The van der Waals surface area contributed by atoms with Crippen LogP contribution in [0.2, 0.25) is 0 Å². The minimum Gasteiger partial charge on any atom is -0.423 e. The highest BCUT2D eigenvalue weighted by molar-refractivity contribution is 7.89. The molecule has 122 valence electrons. The molecule has 0 radical (unpaired) electrons. The summed E-state index contributed by atoms with van der Waals surface area (Å²) in [5.41, 5.74) is 1.01. The van der Waals surface area contributed by atoms with E-state index in [4.69, 9.17) is 4.74 Å². The summed E-state index contributed by atoms with van der Waals surface area (Å²) in [6.45, 7) is 0. The first-order valence-electron chi connectivity index (χ1n) is 7.38.